The van der Waals surface area contributed by atoms with Crippen molar-refractivity contribution in [3.63, 3.8) is 0 Å². The number of anilines is 2. The van der Waals surface area contributed by atoms with E-state index < -0.39 is 0 Å². The molecule has 22 heavy (non-hydrogen) atoms. The van der Waals surface area contributed by atoms with Crippen molar-refractivity contribution < 1.29 is 9.05 Å². The van der Waals surface area contributed by atoms with E-state index in [4.69, 9.17) is 9.05 Å². The van der Waals surface area contributed by atoms with Gasteiger partial charge in [-0.05, 0) is 43.5 Å². The first-order valence-corrected chi connectivity index (χ1v) is 8.45. The Balaban J connectivity index is 1.64. The highest BCUT2D eigenvalue weighted by molar-refractivity contribution is 7.98. The van der Waals surface area contributed by atoms with E-state index in [2.05, 4.69) is 25.8 Å². The highest BCUT2D eigenvalue weighted by atomic mass is 32.2. The molecule has 0 aliphatic carbocycles. The first kappa shape index (κ1) is 16.7. The third kappa shape index (κ3) is 5.27. The SMILES string of the molecule is CCNc1nonc1NCCSCc1ccc(CN(C)C)o1. The molecule has 0 aliphatic rings. The van der Waals surface area contributed by atoms with Gasteiger partial charge in [0, 0.05) is 18.8 Å². The van der Waals surface area contributed by atoms with Gasteiger partial charge >= 0.3 is 0 Å². The Morgan fingerprint density at radius 3 is 2.59 bits per heavy atom. The van der Waals surface area contributed by atoms with Gasteiger partial charge in [0.25, 0.3) is 0 Å². The molecule has 2 N–H and O–H groups in total. The summed E-state index contributed by atoms with van der Waals surface area (Å²) in [5, 5.41) is 13.9. The number of furan rings is 1. The molecule has 8 heteroatoms. The smallest absolute Gasteiger partial charge is 0.215 e. The fourth-order valence-electron chi connectivity index (χ4n) is 1.90. The molecular formula is C14H23N5O2S. The van der Waals surface area contributed by atoms with Crippen LogP contribution in [0.5, 0.6) is 0 Å². The number of nitrogens with one attached hydrogen (secondary N) is 2. The average molecular weight is 325 g/mol. The van der Waals surface area contributed by atoms with Crippen LogP contribution in [0.25, 0.3) is 0 Å². The zero-order chi connectivity index (χ0) is 15.8. The number of rotatable bonds is 10. The van der Waals surface area contributed by atoms with Crippen LogP contribution < -0.4 is 10.6 Å². The molecule has 0 aliphatic heterocycles. The molecule has 2 heterocycles. The van der Waals surface area contributed by atoms with Crippen LogP contribution in [0.4, 0.5) is 11.6 Å². The molecule has 122 valence electrons. The molecule has 7 nitrogen and oxygen atoms in total. The van der Waals surface area contributed by atoms with Gasteiger partial charge in [-0.1, -0.05) is 0 Å². The molecule has 0 bridgehead atoms. The van der Waals surface area contributed by atoms with E-state index in [0.29, 0.717) is 11.6 Å². The van der Waals surface area contributed by atoms with Gasteiger partial charge in [-0.25, -0.2) is 4.63 Å². The first-order valence-electron chi connectivity index (χ1n) is 7.29. The monoisotopic (exact) mass is 325 g/mol. The van der Waals surface area contributed by atoms with Crippen molar-refractivity contribution in [2.45, 2.75) is 19.2 Å². The second-order valence-electron chi connectivity index (χ2n) is 5.08. The van der Waals surface area contributed by atoms with Crippen LogP contribution in [0.3, 0.4) is 0 Å². The highest BCUT2D eigenvalue weighted by Crippen LogP contribution is 2.18. The van der Waals surface area contributed by atoms with Crippen LogP contribution in [0.2, 0.25) is 0 Å². The fraction of sp³-hybridized carbons (Fsp3) is 0.571. The Morgan fingerprint density at radius 1 is 1.14 bits per heavy atom. The maximum absolute atomic E-state index is 5.77. The van der Waals surface area contributed by atoms with Crippen LogP contribution in [0.1, 0.15) is 18.4 Å². The summed E-state index contributed by atoms with van der Waals surface area (Å²) < 4.78 is 10.5. The summed E-state index contributed by atoms with van der Waals surface area (Å²) in [7, 11) is 4.06. The van der Waals surface area contributed by atoms with Gasteiger partial charge in [0.1, 0.15) is 11.5 Å². The molecule has 0 saturated carbocycles. The van der Waals surface area contributed by atoms with Crippen LogP contribution in [-0.4, -0.2) is 48.2 Å². The minimum atomic E-state index is 0.659. The number of hydrogen-bond donors (Lipinski definition) is 2. The second-order valence-corrected chi connectivity index (χ2v) is 6.18. The average Bonchev–Trinajstić information content (AvgIpc) is 3.08. The first-order chi connectivity index (χ1) is 10.7. The van der Waals surface area contributed by atoms with Crippen molar-refractivity contribution in [2.24, 2.45) is 0 Å². The summed E-state index contributed by atoms with van der Waals surface area (Å²) in [5.74, 6) is 5.15. The lowest BCUT2D eigenvalue weighted by Gasteiger charge is -2.06. The molecule has 2 aromatic rings. The maximum Gasteiger partial charge on any atom is 0.215 e. The van der Waals surface area contributed by atoms with Crippen molar-refractivity contribution in [1.29, 1.82) is 0 Å². The van der Waals surface area contributed by atoms with Crippen molar-refractivity contribution in [2.75, 3.05) is 43.6 Å². The number of thioether (sulfide) groups is 1. The predicted molar refractivity (Wildman–Crippen MR) is 89.2 cm³/mol. The zero-order valence-corrected chi connectivity index (χ0v) is 14.1. The normalized spacial score (nSPS) is 11.1. The summed E-state index contributed by atoms with van der Waals surface area (Å²) >= 11 is 1.81. The highest BCUT2D eigenvalue weighted by Gasteiger charge is 2.08. The van der Waals surface area contributed by atoms with Crippen molar-refractivity contribution in [1.82, 2.24) is 15.2 Å². The van der Waals surface area contributed by atoms with Crippen molar-refractivity contribution in [3.8, 4) is 0 Å². The lowest BCUT2D eigenvalue weighted by Crippen LogP contribution is -2.09. The predicted octanol–water partition coefficient (Wildman–Crippen LogP) is 2.50. The van der Waals surface area contributed by atoms with E-state index in [1.54, 1.807) is 0 Å². The summed E-state index contributed by atoms with van der Waals surface area (Å²) in [4.78, 5) is 2.09. The van der Waals surface area contributed by atoms with Gasteiger partial charge < -0.3 is 20.0 Å². The summed E-state index contributed by atoms with van der Waals surface area (Å²) in [6.07, 6.45) is 0. The fourth-order valence-corrected chi connectivity index (χ4v) is 2.65. The summed E-state index contributed by atoms with van der Waals surface area (Å²) in [5.41, 5.74) is 0. The number of nitrogens with zero attached hydrogens (tertiary/aromatic N) is 3. The molecule has 0 saturated heterocycles. The minimum Gasteiger partial charge on any atom is -0.464 e. The zero-order valence-electron chi connectivity index (χ0n) is 13.3. The molecule has 2 rings (SSSR count). The van der Waals surface area contributed by atoms with E-state index in [1.165, 1.54) is 0 Å². The maximum atomic E-state index is 5.77. The van der Waals surface area contributed by atoms with Crippen molar-refractivity contribution >= 4 is 23.4 Å². The Kier molecular flexibility index (Phi) is 6.60. The third-order valence-electron chi connectivity index (χ3n) is 2.81. The molecule has 0 fully saturated rings. The lowest BCUT2D eigenvalue weighted by atomic mass is 10.4. The Labute approximate surface area is 134 Å². The van der Waals surface area contributed by atoms with E-state index in [0.717, 1.165) is 42.7 Å². The second kappa shape index (κ2) is 8.70. The van der Waals surface area contributed by atoms with Crippen LogP contribution in [0, 0.1) is 0 Å². The number of hydrogen-bond acceptors (Lipinski definition) is 8. The van der Waals surface area contributed by atoms with E-state index in [1.807, 2.05) is 44.9 Å². The van der Waals surface area contributed by atoms with Gasteiger partial charge in [-0.2, -0.15) is 11.8 Å². The Hall–Kier alpha value is -1.67. The molecule has 0 radical (unpaired) electrons. The van der Waals surface area contributed by atoms with Gasteiger partial charge in [0.05, 0.1) is 12.3 Å². The minimum absolute atomic E-state index is 0.659. The van der Waals surface area contributed by atoms with Gasteiger partial charge in [0.2, 0.25) is 11.6 Å². The molecule has 0 aromatic carbocycles. The Morgan fingerprint density at radius 2 is 1.86 bits per heavy atom. The standard InChI is InChI=1S/C14H23N5O2S/c1-4-15-13-14(18-21-17-13)16-7-8-22-10-12-6-5-11(20-12)9-19(2)3/h5-6H,4,7-10H2,1-3H3,(H,15,17)(H,16,18). The Bertz CT molecular complexity index is 555. The largest absolute Gasteiger partial charge is 0.464 e. The van der Waals surface area contributed by atoms with Crippen molar-refractivity contribution in [3.05, 3.63) is 23.7 Å². The molecule has 0 spiro atoms. The molecule has 0 unspecified atom stereocenters. The van der Waals surface area contributed by atoms with Crippen LogP contribution >= 0.6 is 11.8 Å². The van der Waals surface area contributed by atoms with E-state index in [-0.39, 0.29) is 0 Å². The van der Waals surface area contributed by atoms with Crippen LogP contribution in [0.15, 0.2) is 21.2 Å². The van der Waals surface area contributed by atoms with Gasteiger partial charge in [-0.3, -0.25) is 0 Å². The van der Waals surface area contributed by atoms with Gasteiger partial charge in [-0.15, -0.1) is 0 Å². The molecule has 0 amide bonds. The van der Waals surface area contributed by atoms with E-state index >= 15 is 0 Å². The summed E-state index contributed by atoms with van der Waals surface area (Å²) in [6, 6.07) is 4.09. The lowest BCUT2D eigenvalue weighted by molar-refractivity contribution is 0.310. The topological polar surface area (TPSA) is 79.4 Å². The number of aromatic nitrogens is 2. The molecular weight excluding hydrogens is 302 g/mol. The quantitative estimate of drug-likeness (QED) is 0.645. The third-order valence-corrected chi connectivity index (χ3v) is 3.79. The van der Waals surface area contributed by atoms with E-state index in [9.17, 15) is 0 Å². The molecule has 0 atom stereocenters. The van der Waals surface area contributed by atoms with Crippen LogP contribution in [-0.2, 0) is 12.3 Å². The molecule has 2 aromatic heterocycles. The van der Waals surface area contributed by atoms with Gasteiger partial charge in [0.15, 0.2) is 0 Å². The summed E-state index contributed by atoms with van der Waals surface area (Å²) in [6.45, 7) is 4.41.